The maximum Gasteiger partial charge on any atom is 0.333 e. The molecule has 6 nitrogen and oxygen atoms in total. The Labute approximate surface area is 125 Å². The van der Waals surface area contributed by atoms with Crippen molar-refractivity contribution >= 4 is 10.3 Å². The first kappa shape index (κ1) is 16.2. The van der Waals surface area contributed by atoms with Crippen LogP contribution in [-0.2, 0) is 15.0 Å². The molecular weight excluding hydrogens is 294 g/mol. The molecule has 1 heterocycles. The fraction of sp³-hybridized carbons (Fsp3) is 0.571. The Morgan fingerprint density at radius 1 is 1.29 bits per heavy atom. The van der Waals surface area contributed by atoms with Gasteiger partial charge in [0, 0.05) is 24.9 Å². The van der Waals surface area contributed by atoms with Crippen LogP contribution in [0.3, 0.4) is 0 Å². The summed E-state index contributed by atoms with van der Waals surface area (Å²) in [7, 11) is -4.18. The smallest absolute Gasteiger partial charge is 0.333 e. The van der Waals surface area contributed by atoms with Gasteiger partial charge in [0.05, 0.1) is 6.10 Å². The summed E-state index contributed by atoms with van der Waals surface area (Å²) in [4.78, 5) is 0. The topological polar surface area (TPSA) is 84.9 Å². The molecule has 0 fully saturated rings. The van der Waals surface area contributed by atoms with Gasteiger partial charge < -0.3 is 9.47 Å². The maximum absolute atomic E-state index is 10.7. The van der Waals surface area contributed by atoms with Crippen LogP contribution in [0.4, 0.5) is 0 Å². The van der Waals surface area contributed by atoms with E-state index >= 15 is 0 Å². The van der Waals surface area contributed by atoms with E-state index in [2.05, 4.69) is 4.72 Å². The van der Waals surface area contributed by atoms with Crippen LogP contribution < -0.4 is 9.46 Å². The molecule has 0 saturated heterocycles. The third kappa shape index (κ3) is 3.94. The Balaban J connectivity index is 2.18. The van der Waals surface area contributed by atoms with Crippen LogP contribution in [0.5, 0.6) is 5.75 Å². The zero-order chi connectivity index (χ0) is 15.5. The van der Waals surface area contributed by atoms with Gasteiger partial charge in [-0.05, 0) is 12.5 Å². The minimum atomic E-state index is -4.18. The molecule has 1 unspecified atom stereocenters. The number of ether oxygens (including phenoxy) is 2. The van der Waals surface area contributed by atoms with Crippen LogP contribution in [0.25, 0.3) is 0 Å². The number of fused-ring (bicyclic) bond motifs is 1. The molecule has 1 aliphatic heterocycles. The molecule has 0 aliphatic carbocycles. The number of hydrogen-bond donors (Lipinski definition) is 2. The van der Waals surface area contributed by atoms with E-state index in [9.17, 15) is 8.42 Å². The predicted molar refractivity (Wildman–Crippen MR) is 78.4 cm³/mol. The molecular formula is C14H21NO5S. The number of hydrogen-bond acceptors (Lipinski definition) is 4. The lowest BCUT2D eigenvalue weighted by Crippen LogP contribution is -2.43. The van der Waals surface area contributed by atoms with Gasteiger partial charge >= 0.3 is 10.3 Å². The molecule has 1 aromatic carbocycles. The molecule has 1 aromatic rings. The largest absolute Gasteiger partial charge is 0.462 e. The minimum Gasteiger partial charge on any atom is -0.462 e. The van der Waals surface area contributed by atoms with Gasteiger partial charge in [0.2, 0.25) is 5.79 Å². The fourth-order valence-electron chi connectivity index (χ4n) is 2.48. The Bertz CT molecular complexity index is 583. The van der Waals surface area contributed by atoms with E-state index < -0.39 is 16.1 Å². The van der Waals surface area contributed by atoms with Gasteiger partial charge in [0.15, 0.2) is 0 Å². The van der Waals surface area contributed by atoms with E-state index in [-0.39, 0.29) is 12.6 Å². The molecule has 0 bridgehead atoms. The summed E-state index contributed by atoms with van der Waals surface area (Å²) >= 11 is 0. The molecule has 118 valence electrons. The highest BCUT2D eigenvalue weighted by Crippen LogP contribution is 2.42. The van der Waals surface area contributed by atoms with Crippen LogP contribution in [0.15, 0.2) is 24.3 Å². The van der Waals surface area contributed by atoms with E-state index in [1.54, 1.807) is 0 Å². The van der Waals surface area contributed by atoms with Crippen LogP contribution in [0, 0.1) is 0 Å². The first-order valence-corrected chi connectivity index (χ1v) is 8.51. The van der Waals surface area contributed by atoms with Crippen LogP contribution in [0.2, 0.25) is 0 Å². The second-order valence-corrected chi connectivity index (χ2v) is 6.26. The van der Waals surface area contributed by atoms with Crippen molar-refractivity contribution in [2.24, 2.45) is 0 Å². The first-order chi connectivity index (χ1) is 9.89. The summed E-state index contributed by atoms with van der Waals surface area (Å²) in [5, 5.41) is 0. The van der Waals surface area contributed by atoms with Crippen molar-refractivity contribution in [2.75, 3.05) is 6.54 Å². The summed E-state index contributed by atoms with van der Waals surface area (Å²) in [6.45, 7) is 4.08. The summed E-state index contributed by atoms with van der Waals surface area (Å²) in [6, 6.07) is 7.58. The van der Waals surface area contributed by atoms with E-state index in [0.717, 1.165) is 11.3 Å². The number of benzene rings is 1. The molecule has 0 radical (unpaired) electrons. The molecule has 21 heavy (non-hydrogen) atoms. The van der Waals surface area contributed by atoms with Crippen LogP contribution in [-0.4, -0.2) is 25.3 Å². The van der Waals surface area contributed by atoms with E-state index in [1.807, 2.05) is 38.1 Å². The Morgan fingerprint density at radius 2 is 1.95 bits per heavy atom. The predicted octanol–water partition coefficient (Wildman–Crippen LogP) is 2.44. The Hall–Kier alpha value is -1.15. The Kier molecular flexibility index (Phi) is 4.88. The van der Waals surface area contributed by atoms with Crippen molar-refractivity contribution < 1.29 is 22.4 Å². The lowest BCUT2D eigenvalue weighted by atomic mass is 10.0. The van der Waals surface area contributed by atoms with Gasteiger partial charge in [-0.3, -0.25) is 4.55 Å². The van der Waals surface area contributed by atoms with Gasteiger partial charge in [-0.25, -0.2) is 0 Å². The minimum absolute atomic E-state index is 0.0986. The number of nitrogens with one attached hydrogen (secondary N) is 1. The Morgan fingerprint density at radius 3 is 2.57 bits per heavy atom. The monoisotopic (exact) mass is 315 g/mol. The second kappa shape index (κ2) is 6.31. The molecule has 2 N–H and O–H groups in total. The number of para-hydroxylation sites is 1. The van der Waals surface area contributed by atoms with Gasteiger partial charge in [-0.15, -0.1) is 0 Å². The van der Waals surface area contributed by atoms with Crippen molar-refractivity contribution in [1.29, 1.82) is 0 Å². The molecule has 7 heteroatoms. The fourth-order valence-corrected chi connectivity index (χ4v) is 2.86. The van der Waals surface area contributed by atoms with Crippen molar-refractivity contribution in [3.8, 4) is 5.75 Å². The molecule has 1 aliphatic rings. The summed E-state index contributed by atoms with van der Waals surface area (Å²) in [6.07, 6.45) is 1.53. The summed E-state index contributed by atoms with van der Waals surface area (Å²) in [5.41, 5.74) is 0.896. The van der Waals surface area contributed by atoms with Crippen molar-refractivity contribution in [3.05, 3.63) is 29.8 Å². The van der Waals surface area contributed by atoms with E-state index in [0.29, 0.717) is 19.3 Å². The average Bonchev–Trinajstić information content (AvgIpc) is 2.45. The zero-order valence-corrected chi connectivity index (χ0v) is 13.0. The molecule has 0 aromatic heterocycles. The van der Waals surface area contributed by atoms with E-state index in [1.165, 1.54) is 0 Å². The molecule has 0 saturated carbocycles. The van der Waals surface area contributed by atoms with Gasteiger partial charge in [-0.2, -0.15) is 13.1 Å². The third-order valence-electron chi connectivity index (χ3n) is 3.69. The lowest BCUT2D eigenvalue weighted by molar-refractivity contribution is -0.234. The molecule has 0 spiro atoms. The second-order valence-electron chi connectivity index (χ2n) is 5.02. The lowest BCUT2D eigenvalue weighted by Gasteiger charge is -2.41. The molecule has 1 atom stereocenters. The highest BCUT2D eigenvalue weighted by atomic mass is 32.2. The van der Waals surface area contributed by atoms with E-state index in [4.69, 9.17) is 14.0 Å². The highest BCUT2D eigenvalue weighted by molar-refractivity contribution is 7.83. The van der Waals surface area contributed by atoms with Gasteiger partial charge in [-0.1, -0.05) is 32.0 Å². The average molecular weight is 315 g/mol. The standard InChI is InChI=1S/C14H21NO5S/c1-3-14(4-2)19-12-8-6-5-7-11(12)13(20-14)9-10-15-21(16,17)18/h5-8,13,15H,3-4,9-10H2,1-2H3,(H,16,17,18). The quantitative estimate of drug-likeness (QED) is 0.788. The van der Waals surface area contributed by atoms with Crippen molar-refractivity contribution in [2.45, 2.75) is 45.0 Å². The molecule has 2 rings (SSSR count). The van der Waals surface area contributed by atoms with Crippen LogP contribution in [0.1, 0.15) is 44.8 Å². The van der Waals surface area contributed by atoms with Crippen molar-refractivity contribution in [1.82, 2.24) is 4.72 Å². The van der Waals surface area contributed by atoms with Gasteiger partial charge in [0.1, 0.15) is 5.75 Å². The normalized spacial score (nSPS) is 20.6. The highest BCUT2D eigenvalue weighted by Gasteiger charge is 2.38. The maximum atomic E-state index is 10.7. The van der Waals surface area contributed by atoms with Crippen LogP contribution >= 0.6 is 0 Å². The third-order valence-corrected chi connectivity index (χ3v) is 4.26. The number of rotatable bonds is 6. The molecule has 0 amide bonds. The first-order valence-electron chi connectivity index (χ1n) is 7.07. The summed E-state index contributed by atoms with van der Waals surface area (Å²) in [5.74, 6) is 0.0845. The summed E-state index contributed by atoms with van der Waals surface area (Å²) < 4.78 is 44.3. The van der Waals surface area contributed by atoms with Gasteiger partial charge in [0.25, 0.3) is 0 Å². The van der Waals surface area contributed by atoms with Crippen molar-refractivity contribution in [3.63, 3.8) is 0 Å². The SMILES string of the molecule is CCC1(CC)Oc2ccccc2C(CCNS(=O)(=O)O)O1. The zero-order valence-electron chi connectivity index (χ0n) is 12.2.